The number of rotatable bonds is 6. The standard InChI is InChI=1S/C11H15NO3S2/c1-4-5-16-6-8-12-9(11(14)15-3)10(17-8)7(2)13/h4-6H2,1-3H3. The van der Waals surface area contributed by atoms with Crippen LogP contribution in [0.15, 0.2) is 0 Å². The fourth-order valence-corrected chi connectivity index (χ4v) is 3.10. The highest BCUT2D eigenvalue weighted by atomic mass is 32.2. The number of Topliss-reactive ketones (excluding diaryl/α,β-unsaturated/α-hetero) is 1. The summed E-state index contributed by atoms with van der Waals surface area (Å²) in [5.41, 5.74) is 0.150. The van der Waals surface area contributed by atoms with E-state index in [-0.39, 0.29) is 11.5 Å². The van der Waals surface area contributed by atoms with Gasteiger partial charge < -0.3 is 4.74 Å². The van der Waals surface area contributed by atoms with Gasteiger partial charge in [0.2, 0.25) is 0 Å². The van der Waals surface area contributed by atoms with Crippen LogP contribution < -0.4 is 0 Å². The molecule has 1 aromatic rings. The normalized spacial score (nSPS) is 10.3. The van der Waals surface area contributed by atoms with Crippen LogP contribution in [0.5, 0.6) is 0 Å². The van der Waals surface area contributed by atoms with Gasteiger partial charge in [0, 0.05) is 12.7 Å². The van der Waals surface area contributed by atoms with Gasteiger partial charge in [-0.25, -0.2) is 9.78 Å². The van der Waals surface area contributed by atoms with Gasteiger partial charge in [-0.05, 0) is 12.2 Å². The average molecular weight is 273 g/mol. The Morgan fingerprint density at radius 1 is 1.47 bits per heavy atom. The van der Waals surface area contributed by atoms with Crippen molar-refractivity contribution in [1.29, 1.82) is 0 Å². The van der Waals surface area contributed by atoms with Gasteiger partial charge in [0.25, 0.3) is 0 Å². The smallest absolute Gasteiger partial charge is 0.358 e. The SMILES string of the molecule is CCCSCc1nc(C(=O)OC)c(C(C)=O)s1. The molecule has 0 aliphatic heterocycles. The lowest BCUT2D eigenvalue weighted by Crippen LogP contribution is -2.07. The average Bonchev–Trinajstić information content (AvgIpc) is 2.73. The summed E-state index contributed by atoms with van der Waals surface area (Å²) >= 11 is 3.02. The van der Waals surface area contributed by atoms with Crippen molar-refractivity contribution in [2.24, 2.45) is 0 Å². The minimum Gasteiger partial charge on any atom is -0.464 e. The molecule has 1 rings (SSSR count). The second-order valence-electron chi connectivity index (χ2n) is 3.39. The Balaban J connectivity index is 2.88. The van der Waals surface area contributed by atoms with Gasteiger partial charge in [-0.1, -0.05) is 6.92 Å². The van der Waals surface area contributed by atoms with E-state index in [1.807, 2.05) is 0 Å². The first-order chi connectivity index (χ1) is 8.10. The van der Waals surface area contributed by atoms with E-state index in [9.17, 15) is 9.59 Å². The van der Waals surface area contributed by atoms with Gasteiger partial charge in [0.15, 0.2) is 11.5 Å². The van der Waals surface area contributed by atoms with E-state index in [1.165, 1.54) is 25.4 Å². The molecule has 17 heavy (non-hydrogen) atoms. The van der Waals surface area contributed by atoms with Gasteiger partial charge in [0.1, 0.15) is 9.88 Å². The van der Waals surface area contributed by atoms with E-state index < -0.39 is 5.97 Å². The molecule has 0 radical (unpaired) electrons. The van der Waals surface area contributed by atoms with Crippen LogP contribution in [0.25, 0.3) is 0 Å². The Kier molecular flexibility index (Phi) is 5.64. The highest BCUT2D eigenvalue weighted by Crippen LogP contribution is 2.24. The van der Waals surface area contributed by atoms with Gasteiger partial charge in [-0.2, -0.15) is 11.8 Å². The lowest BCUT2D eigenvalue weighted by Gasteiger charge is -1.95. The van der Waals surface area contributed by atoms with Crippen LogP contribution in [0.3, 0.4) is 0 Å². The number of carbonyl (C=O) groups is 2. The molecule has 0 aromatic carbocycles. The van der Waals surface area contributed by atoms with Crippen molar-refractivity contribution in [3.05, 3.63) is 15.6 Å². The highest BCUT2D eigenvalue weighted by molar-refractivity contribution is 7.98. The molecule has 0 spiro atoms. The Bertz CT molecular complexity index is 415. The molecule has 0 aliphatic rings. The van der Waals surface area contributed by atoms with Gasteiger partial charge in [0.05, 0.1) is 7.11 Å². The number of methoxy groups -OCH3 is 1. The molecule has 0 amide bonds. The van der Waals surface area contributed by atoms with Crippen LogP contribution >= 0.6 is 23.1 Å². The Morgan fingerprint density at radius 2 is 2.18 bits per heavy atom. The van der Waals surface area contributed by atoms with Gasteiger partial charge >= 0.3 is 5.97 Å². The minimum atomic E-state index is -0.543. The summed E-state index contributed by atoms with van der Waals surface area (Å²) in [6, 6.07) is 0. The van der Waals surface area contributed by atoms with Crippen molar-refractivity contribution >= 4 is 34.9 Å². The number of ketones is 1. The molecule has 0 atom stereocenters. The molecule has 0 fully saturated rings. The third kappa shape index (κ3) is 3.81. The third-order valence-electron chi connectivity index (χ3n) is 1.94. The van der Waals surface area contributed by atoms with Crippen molar-refractivity contribution in [3.63, 3.8) is 0 Å². The molecule has 0 aliphatic carbocycles. The zero-order valence-corrected chi connectivity index (χ0v) is 11.7. The molecule has 1 heterocycles. The van der Waals surface area contributed by atoms with Crippen LogP contribution in [0.4, 0.5) is 0 Å². The number of hydrogen-bond acceptors (Lipinski definition) is 6. The zero-order chi connectivity index (χ0) is 12.8. The Hall–Kier alpha value is -0.880. The van der Waals surface area contributed by atoms with E-state index in [4.69, 9.17) is 0 Å². The predicted molar refractivity (Wildman–Crippen MR) is 69.9 cm³/mol. The maximum absolute atomic E-state index is 11.4. The second-order valence-corrected chi connectivity index (χ2v) is 5.57. The van der Waals surface area contributed by atoms with E-state index >= 15 is 0 Å². The zero-order valence-electron chi connectivity index (χ0n) is 10.1. The van der Waals surface area contributed by atoms with Crippen LogP contribution in [0, 0.1) is 0 Å². The molecule has 0 unspecified atom stereocenters. The number of ether oxygens (including phenoxy) is 1. The maximum Gasteiger partial charge on any atom is 0.358 e. The van der Waals surface area contributed by atoms with Crippen molar-refractivity contribution in [2.75, 3.05) is 12.9 Å². The number of aromatic nitrogens is 1. The summed E-state index contributed by atoms with van der Waals surface area (Å²) in [4.78, 5) is 27.4. The third-order valence-corrected chi connectivity index (χ3v) is 4.46. The molecule has 0 saturated heterocycles. The lowest BCUT2D eigenvalue weighted by atomic mass is 10.3. The van der Waals surface area contributed by atoms with E-state index in [0.29, 0.717) is 4.88 Å². The summed E-state index contributed by atoms with van der Waals surface area (Å²) in [5, 5.41) is 0.800. The van der Waals surface area contributed by atoms with Crippen LogP contribution in [0.2, 0.25) is 0 Å². The lowest BCUT2D eigenvalue weighted by molar-refractivity contribution is 0.0591. The largest absolute Gasteiger partial charge is 0.464 e. The Morgan fingerprint density at radius 3 is 2.71 bits per heavy atom. The van der Waals surface area contributed by atoms with Gasteiger partial charge in [-0.15, -0.1) is 11.3 Å². The maximum atomic E-state index is 11.4. The topological polar surface area (TPSA) is 56.3 Å². The van der Waals surface area contributed by atoms with Crippen molar-refractivity contribution in [2.45, 2.75) is 26.0 Å². The first kappa shape index (κ1) is 14.2. The number of thioether (sulfide) groups is 1. The minimum absolute atomic E-state index is 0.144. The summed E-state index contributed by atoms with van der Waals surface area (Å²) in [6.07, 6.45) is 1.10. The molecule has 0 bridgehead atoms. The summed E-state index contributed by atoms with van der Waals surface area (Å²) in [7, 11) is 1.29. The highest BCUT2D eigenvalue weighted by Gasteiger charge is 2.21. The quantitative estimate of drug-likeness (QED) is 0.453. The summed E-state index contributed by atoms with van der Waals surface area (Å²) < 4.78 is 4.61. The fourth-order valence-electron chi connectivity index (χ4n) is 1.20. The van der Waals surface area contributed by atoms with Crippen molar-refractivity contribution < 1.29 is 14.3 Å². The Labute approximate surface area is 109 Å². The number of esters is 1. The molecule has 0 N–H and O–H groups in total. The van der Waals surface area contributed by atoms with Crippen molar-refractivity contribution in [3.8, 4) is 0 Å². The van der Waals surface area contributed by atoms with Crippen LogP contribution in [0.1, 0.15) is 45.4 Å². The summed E-state index contributed by atoms with van der Waals surface area (Å²) in [5.74, 6) is 1.09. The van der Waals surface area contributed by atoms with E-state index in [0.717, 1.165) is 22.9 Å². The van der Waals surface area contributed by atoms with Crippen molar-refractivity contribution in [1.82, 2.24) is 4.98 Å². The molecular formula is C11H15NO3S2. The molecule has 1 aromatic heterocycles. The molecule has 94 valence electrons. The summed E-state index contributed by atoms with van der Waals surface area (Å²) in [6.45, 7) is 3.54. The van der Waals surface area contributed by atoms with Crippen LogP contribution in [-0.4, -0.2) is 29.6 Å². The number of carbonyl (C=O) groups excluding carboxylic acids is 2. The number of thiazole rings is 1. The number of nitrogens with zero attached hydrogens (tertiary/aromatic N) is 1. The second kappa shape index (κ2) is 6.76. The molecule has 0 saturated carbocycles. The van der Waals surface area contributed by atoms with E-state index in [1.54, 1.807) is 11.8 Å². The van der Waals surface area contributed by atoms with E-state index in [2.05, 4.69) is 16.6 Å². The molecule has 4 nitrogen and oxygen atoms in total. The molecular weight excluding hydrogens is 258 g/mol. The van der Waals surface area contributed by atoms with Crippen LogP contribution in [-0.2, 0) is 10.5 Å². The van der Waals surface area contributed by atoms with Gasteiger partial charge in [-0.3, -0.25) is 4.79 Å². The number of hydrogen-bond donors (Lipinski definition) is 0. The first-order valence-corrected chi connectivity index (χ1v) is 7.24. The predicted octanol–water partition coefficient (Wildman–Crippen LogP) is 2.78. The fraction of sp³-hybridized carbons (Fsp3) is 0.545. The first-order valence-electron chi connectivity index (χ1n) is 5.26. The monoisotopic (exact) mass is 273 g/mol. The molecule has 6 heteroatoms.